The lowest BCUT2D eigenvalue weighted by molar-refractivity contribution is 0.592. The highest BCUT2D eigenvalue weighted by Crippen LogP contribution is 2.47. The van der Waals surface area contributed by atoms with E-state index in [-0.39, 0.29) is 0 Å². The molecule has 0 amide bonds. The van der Waals surface area contributed by atoms with E-state index in [9.17, 15) is 0 Å². The van der Waals surface area contributed by atoms with Crippen molar-refractivity contribution in [3.63, 3.8) is 0 Å². The minimum atomic E-state index is -3.20. The van der Waals surface area contributed by atoms with E-state index >= 15 is 4.57 Å². The third-order valence-electron chi connectivity index (χ3n) is 6.40. The fourth-order valence-electron chi connectivity index (χ4n) is 4.79. The summed E-state index contributed by atoms with van der Waals surface area (Å²) in [4.78, 5) is 4.87. The van der Waals surface area contributed by atoms with Crippen LogP contribution in [0.15, 0.2) is 134 Å². The summed E-state index contributed by atoms with van der Waals surface area (Å²) in [5.41, 5.74) is 1.79. The van der Waals surface area contributed by atoms with Crippen LogP contribution in [0, 0.1) is 0 Å². The summed E-state index contributed by atoms with van der Waals surface area (Å²) in [6.45, 7) is 0. The van der Waals surface area contributed by atoms with Crippen molar-refractivity contribution in [2.45, 2.75) is 0 Å². The molecule has 5 aromatic carbocycles. The Morgan fingerprint density at radius 3 is 1.68 bits per heavy atom. The molecule has 162 valence electrons. The first kappa shape index (κ1) is 20.6. The molecule has 0 fully saturated rings. The van der Waals surface area contributed by atoms with E-state index in [2.05, 4.69) is 30.3 Å². The number of rotatable bonds is 4. The van der Waals surface area contributed by atoms with Crippen LogP contribution in [0.4, 0.5) is 0 Å². The number of pyridine rings is 1. The molecule has 0 unspecified atom stereocenters. The Bertz CT molecular complexity index is 1630. The predicted molar refractivity (Wildman–Crippen MR) is 144 cm³/mol. The second-order valence-electron chi connectivity index (χ2n) is 8.34. The molecule has 2 nitrogen and oxygen atoms in total. The molecular weight excluding hydrogens is 433 g/mol. The van der Waals surface area contributed by atoms with Crippen molar-refractivity contribution in [2.75, 3.05) is 0 Å². The van der Waals surface area contributed by atoms with Gasteiger partial charge in [0.1, 0.15) is 0 Å². The lowest BCUT2D eigenvalue weighted by Crippen LogP contribution is -2.26. The fourth-order valence-corrected chi connectivity index (χ4v) is 7.66. The number of nitrogens with zero attached hydrogens (tertiary/aromatic N) is 1. The quantitative estimate of drug-likeness (QED) is 0.277. The lowest BCUT2D eigenvalue weighted by atomic mass is 9.98. The van der Waals surface area contributed by atoms with Gasteiger partial charge in [-0.1, -0.05) is 115 Å². The first-order valence-electron chi connectivity index (χ1n) is 11.3. The maximum atomic E-state index is 15.4. The average molecular weight is 455 g/mol. The van der Waals surface area contributed by atoms with Crippen molar-refractivity contribution in [1.29, 1.82) is 0 Å². The van der Waals surface area contributed by atoms with Crippen LogP contribution >= 0.6 is 7.14 Å². The smallest absolute Gasteiger partial charge is 0.171 e. The highest BCUT2D eigenvalue weighted by atomic mass is 31.2. The SMILES string of the molecule is O=P(c1ccccc1)(c1ccccc1)c1ccc2ccccc2c1-c1nccc2ccccc12. The Hall–Kier alpha value is -4.00. The van der Waals surface area contributed by atoms with Gasteiger partial charge in [-0.05, 0) is 28.3 Å². The summed E-state index contributed by atoms with van der Waals surface area (Å²) in [7, 11) is -3.20. The normalized spacial score (nSPS) is 11.6. The van der Waals surface area contributed by atoms with E-state index in [0.717, 1.165) is 48.7 Å². The monoisotopic (exact) mass is 455 g/mol. The second-order valence-corrected chi connectivity index (χ2v) is 11.1. The third kappa shape index (κ3) is 3.27. The first-order valence-corrected chi connectivity index (χ1v) is 13.1. The Kier molecular flexibility index (Phi) is 5.09. The number of benzene rings is 5. The minimum Gasteiger partial charge on any atom is -0.309 e. The van der Waals surface area contributed by atoms with E-state index in [0.29, 0.717) is 0 Å². The molecule has 6 rings (SSSR count). The topological polar surface area (TPSA) is 30.0 Å². The summed E-state index contributed by atoms with van der Waals surface area (Å²) in [5.74, 6) is 0. The van der Waals surface area contributed by atoms with Gasteiger partial charge in [0, 0.05) is 33.1 Å². The van der Waals surface area contributed by atoms with Crippen LogP contribution in [-0.2, 0) is 4.57 Å². The number of fused-ring (bicyclic) bond motifs is 2. The van der Waals surface area contributed by atoms with Gasteiger partial charge in [0.25, 0.3) is 0 Å². The standard InChI is InChI=1S/C31H22NOP/c33-34(25-13-3-1-4-14-25,26-15-5-2-6-16-26)29-20-19-23-11-7-9-17-27(23)30(29)31-28-18-10-8-12-24(28)21-22-32-31/h1-22H. The molecule has 3 heteroatoms. The summed E-state index contributed by atoms with van der Waals surface area (Å²) in [6.07, 6.45) is 1.85. The molecule has 1 aromatic heterocycles. The van der Waals surface area contributed by atoms with E-state index in [4.69, 9.17) is 4.98 Å². The molecule has 0 saturated carbocycles. The van der Waals surface area contributed by atoms with Gasteiger partial charge in [0.15, 0.2) is 7.14 Å². The lowest BCUT2D eigenvalue weighted by Gasteiger charge is -2.24. The summed E-state index contributed by atoms with van der Waals surface area (Å²) in [5, 5.41) is 6.76. The van der Waals surface area contributed by atoms with Crippen molar-refractivity contribution in [2.24, 2.45) is 0 Å². The van der Waals surface area contributed by atoms with Crippen molar-refractivity contribution < 1.29 is 4.57 Å². The average Bonchev–Trinajstić information content (AvgIpc) is 2.92. The maximum absolute atomic E-state index is 15.4. The Balaban J connectivity index is 1.79. The zero-order valence-corrected chi connectivity index (χ0v) is 19.4. The van der Waals surface area contributed by atoms with Gasteiger partial charge in [-0.25, -0.2) is 0 Å². The van der Waals surface area contributed by atoms with E-state index in [1.807, 2.05) is 103 Å². The van der Waals surface area contributed by atoms with E-state index in [1.54, 1.807) is 0 Å². The number of hydrogen-bond donors (Lipinski definition) is 0. The van der Waals surface area contributed by atoms with Crippen LogP contribution < -0.4 is 15.9 Å². The minimum absolute atomic E-state index is 0.812. The Labute approximate surface area is 198 Å². The van der Waals surface area contributed by atoms with E-state index in [1.165, 1.54) is 0 Å². The van der Waals surface area contributed by atoms with Crippen molar-refractivity contribution in [3.05, 3.63) is 134 Å². The summed E-state index contributed by atoms with van der Waals surface area (Å²) in [6, 6.07) is 42.4. The zero-order valence-electron chi connectivity index (χ0n) is 18.5. The summed E-state index contributed by atoms with van der Waals surface area (Å²) >= 11 is 0. The zero-order chi connectivity index (χ0) is 23.0. The third-order valence-corrected chi connectivity index (χ3v) is 9.50. The Morgan fingerprint density at radius 1 is 0.500 bits per heavy atom. The van der Waals surface area contributed by atoms with Gasteiger partial charge in [0.2, 0.25) is 0 Å². The number of hydrogen-bond acceptors (Lipinski definition) is 2. The van der Waals surface area contributed by atoms with Crippen molar-refractivity contribution in [1.82, 2.24) is 4.98 Å². The van der Waals surface area contributed by atoms with Crippen LogP contribution in [0.2, 0.25) is 0 Å². The van der Waals surface area contributed by atoms with Gasteiger partial charge in [-0.15, -0.1) is 0 Å². The summed E-state index contributed by atoms with van der Waals surface area (Å²) < 4.78 is 15.4. The van der Waals surface area contributed by atoms with E-state index < -0.39 is 7.14 Å². The molecule has 1 heterocycles. The van der Waals surface area contributed by atoms with Gasteiger partial charge in [-0.3, -0.25) is 4.98 Å². The molecule has 0 saturated heterocycles. The van der Waals surface area contributed by atoms with Crippen LogP contribution in [0.5, 0.6) is 0 Å². The molecule has 6 aromatic rings. The first-order chi connectivity index (χ1) is 16.8. The molecular formula is C31H22NOP. The van der Waals surface area contributed by atoms with Crippen molar-refractivity contribution >= 4 is 44.6 Å². The van der Waals surface area contributed by atoms with Crippen molar-refractivity contribution in [3.8, 4) is 11.3 Å². The molecule has 0 aliphatic rings. The predicted octanol–water partition coefficient (Wildman–Crippen LogP) is 6.69. The fraction of sp³-hybridized carbons (Fsp3) is 0. The molecule has 0 bridgehead atoms. The molecule has 0 aliphatic heterocycles. The van der Waals surface area contributed by atoms with Gasteiger partial charge in [-0.2, -0.15) is 0 Å². The molecule has 0 spiro atoms. The van der Waals surface area contributed by atoms with Crippen LogP contribution in [0.1, 0.15) is 0 Å². The maximum Gasteiger partial charge on any atom is 0.171 e. The van der Waals surface area contributed by atoms with Gasteiger partial charge >= 0.3 is 0 Å². The largest absolute Gasteiger partial charge is 0.309 e. The van der Waals surface area contributed by atoms with Crippen LogP contribution in [0.3, 0.4) is 0 Å². The molecule has 34 heavy (non-hydrogen) atoms. The van der Waals surface area contributed by atoms with Crippen LogP contribution in [0.25, 0.3) is 32.8 Å². The van der Waals surface area contributed by atoms with Gasteiger partial charge < -0.3 is 4.57 Å². The molecule has 0 N–H and O–H groups in total. The highest BCUT2D eigenvalue weighted by Gasteiger charge is 2.33. The highest BCUT2D eigenvalue weighted by molar-refractivity contribution is 7.85. The molecule has 0 aliphatic carbocycles. The second kappa shape index (κ2) is 8.41. The number of aromatic nitrogens is 1. The molecule has 0 atom stereocenters. The Morgan fingerprint density at radius 2 is 1.03 bits per heavy atom. The molecule has 0 radical (unpaired) electrons. The van der Waals surface area contributed by atoms with Crippen LogP contribution in [-0.4, -0.2) is 4.98 Å². The van der Waals surface area contributed by atoms with Gasteiger partial charge in [0.05, 0.1) is 5.69 Å².